The van der Waals surface area contributed by atoms with E-state index in [1.54, 1.807) is 36.4 Å². The first kappa shape index (κ1) is 21.2. The van der Waals surface area contributed by atoms with Crippen LogP contribution in [-0.4, -0.2) is 25.9 Å². The standard InChI is InChI=1S/C26H23NO5/c1-15-6-5-7-18(12-15)26(29)27-19-9-11-21-20(14-19)16(2)25(32-21)24(28)17-8-10-22(30-3)23(13-17)31-4/h5-14H,1-4H3,(H,27,29). The fourth-order valence-corrected chi connectivity index (χ4v) is 3.61. The van der Waals surface area contributed by atoms with Crippen LogP contribution in [-0.2, 0) is 0 Å². The third kappa shape index (κ3) is 3.95. The number of anilines is 1. The second-order valence-electron chi connectivity index (χ2n) is 7.49. The second kappa shape index (κ2) is 8.59. The lowest BCUT2D eigenvalue weighted by molar-refractivity contribution is 0.101. The highest BCUT2D eigenvalue weighted by Gasteiger charge is 2.21. The van der Waals surface area contributed by atoms with Crippen LogP contribution in [0.5, 0.6) is 11.5 Å². The van der Waals surface area contributed by atoms with E-state index < -0.39 is 0 Å². The van der Waals surface area contributed by atoms with Gasteiger partial charge in [-0.1, -0.05) is 17.7 Å². The quantitative estimate of drug-likeness (QED) is 0.407. The van der Waals surface area contributed by atoms with Gasteiger partial charge in [-0.25, -0.2) is 0 Å². The Morgan fingerprint density at radius 1 is 0.844 bits per heavy atom. The van der Waals surface area contributed by atoms with E-state index in [1.165, 1.54) is 14.2 Å². The molecule has 0 fully saturated rings. The van der Waals surface area contributed by atoms with Gasteiger partial charge in [0.05, 0.1) is 14.2 Å². The van der Waals surface area contributed by atoms with Crippen molar-refractivity contribution in [2.75, 3.05) is 19.5 Å². The summed E-state index contributed by atoms with van der Waals surface area (Å²) in [6, 6.07) is 17.7. The summed E-state index contributed by atoms with van der Waals surface area (Å²) in [6.45, 7) is 3.76. The number of amides is 1. The van der Waals surface area contributed by atoms with Gasteiger partial charge in [-0.05, 0) is 62.4 Å². The average Bonchev–Trinajstić information content (AvgIpc) is 3.14. The van der Waals surface area contributed by atoms with E-state index in [0.717, 1.165) is 10.9 Å². The summed E-state index contributed by atoms with van der Waals surface area (Å²) in [7, 11) is 3.06. The fourth-order valence-electron chi connectivity index (χ4n) is 3.61. The minimum absolute atomic E-state index is 0.198. The summed E-state index contributed by atoms with van der Waals surface area (Å²) in [5.74, 6) is 0.794. The maximum Gasteiger partial charge on any atom is 0.255 e. The highest BCUT2D eigenvalue weighted by atomic mass is 16.5. The van der Waals surface area contributed by atoms with Crippen molar-refractivity contribution in [1.82, 2.24) is 0 Å². The summed E-state index contributed by atoms with van der Waals surface area (Å²) in [5, 5.41) is 3.67. The Bertz CT molecular complexity index is 1340. The molecule has 0 aliphatic rings. The predicted molar refractivity (Wildman–Crippen MR) is 123 cm³/mol. The molecule has 6 nitrogen and oxygen atoms in total. The Balaban J connectivity index is 1.64. The van der Waals surface area contributed by atoms with Gasteiger partial charge < -0.3 is 19.2 Å². The summed E-state index contributed by atoms with van der Waals surface area (Å²) in [6.07, 6.45) is 0. The lowest BCUT2D eigenvalue weighted by Gasteiger charge is -2.08. The molecule has 1 aromatic heterocycles. The molecule has 0 bridgehead atoms. The molecular weight excluding hydrogens is 406 g/mol. The molecule has 0 saturated heterocycles. The number of ketones is 1. The minimum atomic E-state index is -0.259. The van der Waals surface area contributed by atoms with Crippen LogP contribution >= 0.6 is 0 Å². The number of carbonyl (C=O) groups is 2. The number of benzene rings is 3. The first-order valence-corrected chi connectivity index (χ1v) is 10.1. The van der Waals surface area contributed by atoms with E-state index in [-0.39, 0.29) is 17.5 Å². The van der Waals surface area contributed by atoms with Gasteiger partial charge in [0.25, 0.3) is 5.91 Å². The van der Waals surface area contributed by atoms with Crippen molar-refractivity contribution < 1.29 is 23.5 Å². The van der Waals surface area contributed by atoms with Crippen LogP contribution in [0.3, 0.4) is 0 Å². The number of ether oxygens (including phenoxy) is 2. The Morgan fingerprint density at radius 3 is 2.34 bits per heavy atom. The first-order chi connectivity index (χ1) is 15.4. The van der Waals surface area contributed by atoms with Crippen LogP contribution < -0.4 is 14.8 Å². The van der Waals surface area contributed by atoms with Crippen molar-refractivity contribution in [3.8, 4) is 11.5 Å². The van der Waals surface area contributed by atoms with E-state index in [2.05, 4.69) is 5.32 Å². The van der Waals surface area contributed by atoms with Crippen LogP contribution in [0.15, 0.2) is 65.1 Å². The molecule has 4 rings (SSSR count). The average molecular weight is 429 g/mol. The summed E-state index contributed by atoms with van der Waals surface area (Å²) in [5.41, 5.74) is 3.91. The van der Waals surface area contributed by atoms with Crippen molar-refractivity contribution in [3.63, 3.8) is 0 Å². The van der Waals surface area contributed by atoms with Gasteiger partial charge in [0, 0.05) is 27.8 Å². The van der Waals surface area contributed by atoms with Crippen LogP contribution in [0.2, 0.25) is 0 Å². The van der Waals surface area contributed by atoms with Crippen LogP contribution in [0.4, 0.5) is 5.69 Å². The normalized spacial score (nSPS) is 10.8. The number of fused-ring (bicyclic) bond motifs is 1. The summed E-state index contributed by atoms with van der Waals surface area (Å²) in [4.78, 5) is 25.7. The number of furan rings is 1. The minimum Gasteiger partial charge on any atom is -0.493 e. The van der Waals surface area contributed by atoms with E-state index in [0.29, 0.717) is 39.5 Å². The Hall–Kier alpha value is -4.06. The second-order valence-corrected chi connectivity index (χ2v) is 7.49. The number of hydrogen-bond donors (Lipinski definition) is 1. The van der Waals surface area contributed by atoms with Crippen LogP contribution in [0.1, 0.15) is 37.6 Å². The zero-order valence-corrected chi connectivity index (χ0v) is 18.3. The molecule has 0 saturated carbocycles. The molecule has 4 aromatic rings. The molecule has 0 unspecified atom stereocenters. The molecule has 0 radical (unpaired) electrons. The van der Waals surface area contributed by atoms with Crippen LogP contribution in [0, 0.1) is 13.8 Å². The van der Waals surface area contributed by atoms with Crippen molar-refractivity contribution >= 4 is 28.3 Å². The topological polar surface area (TPSA) is 77.8 Å². The number of hydrogen-bond acceptors (Lipinski definition) is 5. The Kier molecular flexibility index (Phi) is 5.69. The molecular formula is C26H23NO5. The Morgan fingerprint density at radius 2 is 1.62 bits per heavy atom. The number of carbonyl (C=O) groups excluding carboxylic acids is 2. The fraction of sp³-hybridized carbons (Fsp3) is 0.154. The lowest BCUT2D eigenvalue weighted by Crippen LogP contribution is -2.11. The Labute approximate surface area is 185 Å². The molecule has 0 aliphatic carbocycles. The van der Waals surface area contributed by atoms with Gasteiger partial charge in [0.15, 0.2) is 17.3 Å². The zero-order valence-electron chi connectivity index (χ0n) is 18.3. The van der Waals surface area contributed by atoms with E-state index in [1.807, 2.05) is 38.1 Å². The molecule has 0 spiro atoms. The third-order valence-electron chi connectivity index (χ3n) is 5.33. The van der Waals surface area contributed by atoms with Gasteiger partial charge in [-0.3, -0.25) is 9.59 Å². The largest absolute Gasteiger partial charge is 0.493 e. The summed E-state index contributed by atoms with van der Waals surface area (Å²) < 4.78 is 16.4. The molecule has 1 heterocycles. The third-order valence-corrected chi connectivity index (χ3v) is 5.33. The van der Waals surface area contributed by atoms with Crippen LogP contribution in [0.25, 0.3) is 11.0 Å². The van der Waals surface area contributed by atoms with Crippen molar-refractivity contribution in [3.05, 3.63) is 88.7 Å². The molecule has 162 valence electrons. The number of methoxy groups -OCH3 is 2. The van der Waals surface area contributed by atoms with Gasteiger partial charge in [-0.15, -0.1) is 0 Å². The molecule has 0 atom stereocenters. The van der Waals surface area contributed by atoms with Gasteiger partial charge in [-0.2, -0.15) is 0 Å². The molecule has 1 amide bonds. The van der Waals surface area contributed by atoms with Gasteiger partial charge in [0.1, 0.15) is 5.58 Å². The highest BCUT2D eigenvalue weighted by Crippen LogP contribution is 2.32. The number of aryl methyl sites for hydroxylation is 2. The van der Waals surface area contributed by atoms with E-state index in [9.17, 15) is 9.59 Å². The molecule has 6 heteroatoms. The first-order valence-electron chi connectivity index (χ1n) is 10.1. The highest BCUT2D eigenvalue weighted by molar-refractivity contribution is 6.11. The smallest absolute Gasteiger partial charge is 0.255 e. The molecule has 3 aromatic carbocycles. The van der Waals surface area contributed by atoms with Crippen molar-refractivity contribution in [1.29, 1.82) is 0 Å². The summed E-state index contributed by atoms with van der Waals surface area (Å²) >= 11 is 0. The number of rotatable bonds is 6. The van der Waals surface area contributed by atoms with Gasteiger partial charge >= 0.3 is 0 Å². The van der Waals surface area contributed by atoms with E-state index in [4.69, 9.17) is 13.9 Å². The molecule has 0 aliphatic heterocycles. The van der Waals surface area contributed by atoms with Gasteiger partial charge in [0.2, 0.25) is 5.78 Å². The zero-order chi connectivity index (χ0) is 22.8. The molecule has 32 heavy (non-hydrogen) atoms. The lowest BCUT2D eigenvalue weighted by atomic mass is 10.0. The predicted octanol–water partition coefficient (Wildman–Crippen LogP) is 5.55. The van der Waals surface area contributed by atoms with Crippen molar-refractivity contribution in [2.45, 2.75) is 13.8 Å². The molecule has 1 N–H and O–H groups in total. The maximum absolute atomic E-state index is 13.1. The SMILES string of the molecule is COc1ccc(C(=O)c2oc3ccc(NC(=O)c4cccc(C)c4)cc3c2C)cc1OC. The van der Waals surface area contributed by atoms with Crippen molar-refractivity contribution in [2.24, 2.45) is 0 Å². The van der Waals surface area contributed by atoms with E-state index >= 15 is 0 Å². The number of nitrogens with one attached hydrogen (secondary N) is 1. The monoisotopic (exact) mass is 429 g/mol. The maximum atomic E-state index is 13.1.